The molecule has 130 valence electrons. The first-order valence-corrected chi connectivity index (χ1v) is 9.97. The number of hydrogen-bond donors (Lipinski definition) is 0. The highest BCUT2D eigenvalue weighted by Gasteiger charge is 2.35. The third kappa shape index (κ3) is 4.83. The standard InChI is InChI=1S/C23H33N/c1-2-3-4-5-6-7-9-14-21-17-22-15-16-23(18-21)24(22)19-20-12-10-8-11-13-20/h2,8,10-13,17,22-23H,1,3-7,9,14-16,18-19H2. The minimum atomic E-state index is 0.701. The minimum absolute atomic E-state index is 0.701. The van der Waals surface area contributed by atoms with Crippen molar-refractivity contribution in [3.05, 3.63) is 60.2 Å². The van der Waals surface area contributed by atoms with E-state index in [1.54, 1.807) is 5.57 Å². The molecule has 1 nitrogen and oxygen atoms in total. The minimum Gasteiger partial charge on any atom is -0.289 e. The zero-order valence-electron chi connectivity index (χ0n) is 15.1. The van der Waals surface area contributed by atoms with Crippen LogP contribution in [0, 0.1) is 0 Å². The van der Waals surface area contributed by atoms with Gasteiger partial charge in [-0.05, 0) is 50.5 Å². The van der Waals surface area contributed by atoms with E-state index in [-0.39, 0.29) is 0 Å². The number of nitrogens with zero attached hydrogens (tertiary/aromatic N) is 1. The second-order valence-corrected chi connectivity index (χ2v) is 7.58. The van der Waals surface area contributed by atoms with Gasteiger partial charge in [0, 0.05) is 18.6 Å². The molecule has 2 heterocycles. The molecule has 1 saturated heterocycles. The average Bonchev–Trinajstić information content (AvgIpc) is 2.84. The number of allylic oxidation sites excluding steroid dienone is 1. The van der Waals surface area contributed by atoms with E-state index in [9.17, 15) is 0 Å². The second-order valence-electron chi connectivity index (χ2n) is 7.58. The maximum absolute atomic E-state index is 3.80. The van der Waals surface area contributed by atoms with Crippen molar-refractivity contribution >= 4 is 0 Å². The number of hydrogen-bond acceptors (Lipinski definition) is 1. The summed E-state index contributed by atoms with van der Waals surface area (Å²) in [5.41, 5.74) is 3.21. The summed E-state index contributed by atoms with van der Waals surface area (Å²) in [6, 6.07) is 12.5. The molecule has 24 heavy (non-hydrogen) atoms. The average molecular weight is 324 g/mol. The monoisotopic (exact) mass is 323 g/mol. The van der Waals surface area contributed by atoms with Crippen molar-refractivity contribution < 1.29 is 0 Å². The van der Waals surface area contributed by atoms with Gasteiger partial charge < -0.3 is 0 Å². The lowest BCUT2D eigenvalue weighted by molar-refractivity contribution is 0.194. The summed E-state index contributed by atoms with van der Waals surface area (Å²) in [6.45, 7) is 4.93. The summed E-state index contributed by atoms with van der Waals surface area (Å²) in [5.74, 6) is 0. The molecular weight excluding hydrogens is 290 g/mol. The van der Waals surface area contributed by atoms with E-state index in [0.29, 0.717) is 6.04 Å². The van der Waals surface area contributed by atoms with Crippen LogP contribution < -0.4 is 0 Å². The number of benzene rings is 1. The molecule has 1 heteroatoms. The molecule has 1 fully saturated rings. The number of unbranched alkanes of at least 4 members (excludes halogenated alkanes) is 5. The molecule has 0 saturated carbocycles. The number of fused-ring (bicyclic) bond motifs is 2. The normalized spacial score (nSPS) is 23.2. The smallest absolute Gasteiger partial charge is 0.0288 e. The predicted molar refractivity (Wildman–Crippen MR) is 104 cm³/mol. The van der Waals surface area contributed by atoms with Crippen molar-refractivity contribution in [1.29, 1.82) is 0 Å². The topological polar surface area (TPSA) is 3.24 Å². The van der Waals surface area contributed by atoms with Crippen LogP contribution in [0.25, 0.3) is 0 Å². The van der Waals surface area contributed by atoms with Gasteiger partial charge in [-0.2, -0.15) is 0 Å². The van der Waals surface area contributed by atoms with Gasteiger partial charge in [-0.15, -0.1) is 6.58 Å². The lowest BCUT2D eigenvalue weighted by Crippen LogP contribution is -2.37. The lowest BCUT2D eigenvalue weighted by atomic mass is 9.95. The third-order valence-electron chi connectivity index (χ3n) is 5.73. The van der Waals surface area contributed by atoms with Crippen LogP contribution in [0.2, 0.25) is 0 Å². The van der Waals surface area contributed by atoms with Gasteiger partial charge in [0.15, 0.2) is 0 Å². The van der Waals surface area contributed by atoms with Crippen molar-refractivity contribution in [3.8, 4) is 0 Å². The van der Waals surface area contributed by atoms with E-state index in [2.05, 4.69) is 47.9 Å². The van der Waals surface area contributed by atoms with Crippen LogP contribution >= 0.6 is 0 Å². The lowest BCUT2D eigenvalue weighted by Gasteiger charge is -2.34. The Bertz CT molecular complexity index is 530. The van der Waals surface area contributed by atoms with Gasteiger partial charge in [-0.1, -0.05) is 67.3 Å². The molecule has 1 aromatic carbocycles. The summed E-state index contributed by atoms with van der Waals surface area (Å²) in [7, 11) is 0. The Morgan fingerprint density at radius 3 is 2.58 bits per heavy atom. The highest BCUT2D eigenvalue weighted by atomic mass is 15.2. The molecule has 1 aromatic rings. The van der Waals surface area contributed by atoms with E-state index in [0.717, 1.165) is 12.6 Å². The highest BCUT2D eigenvalue weighted by molar-refractivity contribution is 5.21. The Balaban J connectivity index is 1.42. The van der Waals surface area contributed by atoms with Crippen LogP contribution in [0.15, 0.2) is 54.6 Å². The van der Waals surface area contributed by atoms with E-state index in [4.69, 9.17) is 0 Å². The highest BCUT2D eigenvalue weighted by Crippen LogP contribution is 2.37. The zero-order valence-corrected chi connectivity index (χ0v) is 15.1. The fourth-order valence-electron chi connectivity index (χ4n) is 4.40. The molecule has 2 aliphatic heterocycles. The quantitative estimate of drug-likeness (QED) is 0.362. The first-order valence-electron chi connectivity index (χ1n) is 9.97. The van der Waals surface area contributed by atoms with Crippen molar-refractivity contribution in [2.45, 2.75) is 82.8 Å². The zero-order chi connectivity index (χ0) is 16.6. The van der Waals surface area contributed by atoms with E-state index in [1.807, 2.05) is 6.08 Å². The maximum Gasteiger partial charge on any atom is 0.0288 e. The van der Waals surface area contributed by atoms with Gasteiger partial charge in [-0.25, -0.2) is 0 Å². The van der Waals surface area contributed by atoms with Gasteiger partial charge in [0.1, 0.15) is 0 Å². The van der Waals surface area contributed by atoms with Crippen molar-refractivity contribution in [3.63, 3.8) is 0 Å². The fraction of sp³-hybridized carbons (Fsp3) is 0.565. The van der Waals surface area contributed by atoms with Crippen LogP contribution in [0.4, 0.5) is 0 Å². The fourth-order valence-corrected chi connectivity index (χ4v) is 4.40. The first kappa shape index (κ1) is 17.5. The summed E-state index contributed by atoms with van der Waals surface area (Å²) in [5, 5.41) is 0. The van der Waals surface area contributed by atoms with Crippen LogP contribution in [0.1, 0.15) is 69.8 Å². The van der Waals surface area contributed by atoms with E-state index in [1.165, 1.54) is 69.8 Å². The second kappa shape index (κ2) is 9.22. The Morgan fingerprint density at radius 2 is 1.79 bits per heavy atom. The van der Waals surface area contributed by atoms with Crippen LogP contribution in [0.5, 0.6) is 0 Å². The van der Waals surface area contributed by atoms with Crippen molar-refractivity contribution in [2.75, 3.05) is 0 Å². The first-order chi connectivity index (χ1) is 11.9. The SMILES string of the molecule is C=CCCCCCCCC1=CC2CCC(C1)N2Cc1ccccc1. The van der Waals surface area contributed by atoms with E-state index >= 15 is 0 Å². The Hall–Kier alpha value is -1.34. The molecule has 0 N–H and O–H groups in total. The van der Waals surface area contributed by atoms with Crippen LogP contribution in [0.3, 0.4) is 0 Å². The van der Waals surface area contributed by atoms with Gasteiger partial charge in [0.05, 0.1) is 0 Å². The van der Waals surface area contributed by atoms with Gasteiger partial charge in [-0.3, -0.25) is 4.90 Å². The number of rotatable bonds is 10. The maximum atomic E-state index is 3.80. The molecule has 0 aromatic heterocycles. The Labute approximate surface area is 148 Å². The molecule has 3 rings (SSSR count). The molecule has 0 radical (unpaired) electrons. The molecule has 2 atom stereocenters. The Kier molecular flexibility index (Phi) is 6.72. The molecule has 0 aliphatic carbocycles. The molecule has 2 aliphatic rings. The largest absolute Gasteiger partial charge is 0.289 e. The van der Waals surface area contributed by atoms with Crippen molar-refractivity contribution in [1.82, 2.24) is 4.90 Å². The van der Waals surface area contributed by atoms with Crippen molar-refractivity contribution in [2.24, 2.45) is 0 Å². The summed E-state index contributed by atoms with van der Waals surface area (Å²) in [4.78, 5) is 2.74. The van der Waals surface area contributed by atoms with Crippen LogP contribution in [-0.4, -0.2) is 17.0 Å². The Morgan fingerprint density at radius 1 is 1.00 bits per heavy atom. The molecule has 0 amide bonds. The van der Waals surface area contributed by atoms with Crippen LogP contribution in [-0.2, 0) is 6.54 Å². The molecule has 2 bridgehead atoms. The molecule has 0 spiro atoms. The third-order valence-corrected chi connectivity index (χ3v) is 5.73. The summed E-state index contributed by atoms with van der Waals surface area (Å²) < 4.78 is 0. The predicted octanol–water partition coefficient (Wildman–Crippen LogP) is 6.27. The summed E-state index contributed by atoms with van der Waals surface area (Å²) >= 11 is 0. The van der Waals surface area contributed by atoms with Gasteiger partial charge >= 0.3 is 0 Å². The van der Waals surface area contributed by atoms with Gasteiger partial charge in [0.25, 0.3) is 0 Å². The molecule has 2 unspecified atom stereocenters. The van der Waals surface area contributed by atoms with E-state index < -0.39 is 0 Å². The summed E-state index contributed by atoms with van der Waals surface area (Å²) in [6.07, 6.45) is 18.1. The van der Waals surface area contributed by atoms with Gasteiger partial charge in [0.2, 0.25) is 0 Å². The molecular formula is C23H33N.